The predicted molar refractivity (Wildman–Crippen MR) is 118 cm³/mol. The molecule has 0 bridgehead atoms. The fraction of sp³-hybridized carbons (Fsp3) is 0.0769. The number of imidazole rings is 1. The number of hydrogen-bond acceptors (Lipinski definition) is 2. The van der Waals surface area contributed by atoms with E-state index in [0.717, 1.165) is 23.8 Å². The molecular weight excluding hydrogens is 449 g/mol. The normalized spacial score (nSPS) is 11.8. The van der Waals surface area contributed by atoms with Gasteiger partial charge >= 0.3 is 6.18 Å². The lowest BCUT2D eigenvalue weighted by molar-refractivity contribution is -0.137. The van der Waals surface area contributed by atoms with Crippen molar-refractivity contribution in [2.24, 2.45) is 0 Å². The van der Waals surface area contributed by atoms with E-state index in [9.17, 15) is 22.0 Å². The summed E-state index contributed by atoms with van der Waals surface area (Å²) in [6, 6.07) is 18.0. The molecule has 0 saturated heterocycles. The molecule has 5 rings (SSSR count). The fourth-order valence-electron chi connectivity index (χ4n) is 3.74. The highest BCUT2D eigenvalue weighted by molar-refractivity contribution is 5.66. The largest absolute Gasteiger partial charge is 0.416 e. The quantitative estimate of drug-likeness (QED) is 0.266. The Bertz CT molecular complexity index is 1440. The van der Waals surface area contributed by atoms with Gasteiger partial charge in [-0.25, -0.2) is 18.7 Å². The first-order valence-electron chi connectivity index (χ1n) is 10.3. The molecule has 0 unspecified atom stereocenters. The summed E-state index contributed by atoms with van der Waals surface area (Å²) >= 11 is 0. The van der Waals surface area contributed by atoms with Crippen LogP contribution in [0.3, 0.4) is 0 Å². The summed E-state index contributed by atoms with van der Waals surface area (Å²) < 4.78 is 68.5. The van der Waals surface area contributed by atoms with E-state index < -0.39 is 23.4 Å². The molecule has 34 heavy (non-hydrogen) atoms. The van der Waals surface area contributed by atoms with E-state index in [1.165, 1.54) is 18.2 Å². The molecule has 3 aromatic rings. The number of nitrogens with zero attached hydrogens (tertiary/aromatic N) is 3. The van der Waals surface area contributed by atoms with Crippen LogP contribution >= 0.6 is 0 Å². The fourth-order valence-corrected chi connectivity index (χ4v) is 3.74. The standard InChI is InChI=1S/C26H16F5N3/c27-21-6-2-5-20(24(21)28)25-32-22-11-12-34(15-23(22)33-25)14-16-7-9-17(10-8-16)18-3-1-4-19(13-18)26(29,30)31/h1-13,15H,14H2. The van der Waals surface area contributed by atoms with Gasteiger partial charge in [0.2, 0.25) is 0 Å². The summed E-state index contributed by atoms with van der Waals surface area (Å²) in [4.78, 5) is 8.63. The van der Waals surface area contributed by atoms with Crippen molar-refractivity contribution < 1.29 is 22.0 Å². The lowest BCUT2D eigenvalue weighted by Gasteiger charge is -2.11. The second kappa shape index (κ2) is 8.37. The van der Waals surface area contributed by atoms with E-state index in [1.54, 1.807) is 36.7 Å². The predicted octanol–water partition coefficient (Wildman–Crippen LogP) is 7.06. The minimum Gasteiger partial charge on any atom is -0.348 e. The van der Waals surface area contributed by atoms with Gasteiger partial charge in [-0.2, -0.15) is 13.2 Å². The third-order valence-electron chi connectivity index (χ3n) is 5.46. The molecule has 0 N–H and O–H groups in total. The third-order valence-corrected chi connectivity index (χ3v) is 5.46. The molecule has 0 atom stereocenters. The number of fused-ring (bicyclic) bond motifs is 1. The molecule has 0 fully saturated rings. The van der Waals surface area contributed by atoms with Crippen LogP contribution in [0.4, 0.5) is 22.0 Å². The van der Waals surface area contributed by atoms with E-state index in [-0.39, 0.29) is 11.4 Å². The van der Waals surface area contributed by atoms with Gasteiger partial charge in [-0.1, -0.05) is 42.5 Å². The molecule has 3 aromatic carbocycles. The zero-order valence-corrected chi connectivity index (χ0v) is 17.5. The average Bonchev–Trinajstić information content (AvgIpc) is 3.24. The van der Waals surface area contributed by atoms with Crippen LogP contribution in [0.1, 0.15) is 11.1 Å². The summed E-state index contributed by atoms with van der Waals surface area (Å²) in [6.07, 6.45) is -0.845. The number of aromatic nitrogens is 3. The summed E-state index contributed by atoms with van der Waals surface area (Å²) in [5.74, 6) is -1.85. The third kappa shape index (κ3) is 4.26. The van der Waals surface area contributed by atoms with Crippen molar-refractivity contribution in [2.45, 2.75) is 12.7 Å². The SMILES string of the molecule is Fc1cccc(-c2nc3ccn(Cc4ccc(-c5cccc(C(F)(F)F)c5)cc4)cc-3n2)c1F. The van der Waals surface area contributed by atoms with Crippen molar-refractivity contribution in [1.82, 2.24) is 14.5 Å². The Labute approximate surface area is 191 Å². The Morgan fingerprint density at radius 2 is 1.50 bits per heavy atom. The average molecular weight is 465 g/mol. The first-order chi connectivity index (χ1) is 16.3. The summed E-state index contributed by atoms with van der Waals surface area (Å²) in [7, 11) is 0. The Morgan fingerprint density at radius 3 is 2.26 bits per heavy atom. The highest BCUT2D eigenvalue weighted by Gasteiger charge is 2.30. The molecule has 2 heterocycles. The molecule has 0 radical (unpaired) electrons. The second-order valence-electron chi connectivity index (χ2n) is 7.81. The van der Waals surface area contributed by atoms with Crippen LogP contribution in [0.2, 0.25) is 0 Å². The molecule has 0 aliphatic carbocycles. The van der Waals surface area contributed by atoms with Crippen LogP contribution < -0.4 is 0 Å². The van der Waals surface area contributed by atoms with Crippen LogP contribution in [-0.4, -0.2) is 14.5 Å². The van der Waals surface area contributed by atoms with Crippen molar-refractivity contribution in [3.8, 4) is 33.9 Å². The first-order valence-corrected chi connectivity index (χ1v) is 10.3. The minimum atomic E-state index is -4.39. The van der Waals surface area contributed by atoms with Gasteiger partial charge in [-0.15, -0.1) is 0 Å². The van der Waals surface area contributed by atoms with Crippen molar-refractivity contribution in [1.29, 1.82) is 0 Å². The van der Waals surface area contributed by atoms with Gasteiger partial charge in [0.05, 0.1) is 16.8 Å². The number of benzene rings is 3. The van der Waals surface area contributed by atoms with Crippen LogP contribution in [0.5, 0.6) is 0 Å². The maximum Gasteiger partial charge on any atom is 0.416 e. The molecule has 0 spiro atoms. The van der Waals surface area contributed by atoms with E-state index in [0.29, 0.717) is 29.1 Å². The number of halogens is 5. The van der Waals surface area contributed by atoms with Crippen molar-refractivity contribution in [2.75, 3.05) is 0 Å². The molecule has 0 amide bonds. The number of alkyl halides is 3. The summed E-state index contributed by atoms with van der Waals surface area (Å²) in [6.45, 7) is 0.481. The van der Waals surface area contributed by atoms with Crippen LogP contribution in [0.25, 0.3) is 33.9 Å². The minimum absolute atomic E-state index is 0.00655. The van der Waals surface area contributed by atoms with Gasteiger partial charge in [0.15, 0.2) is 17.5 Å². The van der Waals surface area contributed by atoms with Crippen LogP contribution in [-0.2, 0) is 12.7 Å². The Hall–Kier alpha value is -4.07. The van der Waals surface area contributed by atoms with Crippen LogP contribution in [0.15, 0.2) is 85.2 Å². The number of pyridine rings is 1. The van der Waals surface area contributed by atoms with Crippen molar-refractivity contribution >= 4 is 0 Å². The monoisotopic (exact) mass is 465 g/mol. The molecule has 8 heteroatoms. The van der Waals surface area contributed by atoms with E-state index in [1.807, 2.05) is 16.7 Å². The topological polar surface area (TPSA) is 30.7 Å². The first kappa shape index (κ1) is 21.8. The van der Waals surface area contributed by atoms with Crippen molar-refractivity contribution in [3.05, 3.63) is 108 Å². The van der Waals surface area contributed by atoms with Gasteiger partial charge in [-0.05, 0) is 47.0 Å². The number of hydrogen-bond donors (Lipinski definition) is 0. The Kier molecular flexibility index (Phi) is 5.36. The summed E-state index contributed by atoms with van der Waals surface area (Å²) in [5, 5.41) is 0. The highest BCUT2D eigenvalue weighted by atomic mass is 19.4. The lowest BCUT2D eigenvalue weighted by atomic mass is 10.0. The molecule has 2 aliphatic heterocycles. The second-order valence-corrected chi connectivity index (χ2v) is 7.81. The van der Waals surface area contributed by atoms with Gasteiger partial charge in [0.1, 0.15) is 5.69 Å². The Balaban J connectivity index is 1.38. The molecule has 2 aliphatic rings. The van der Waals surface area contributed by atoms with E-state index >= 15 is 0 Å². The van der Waals surface area contributed by atoms with Gasteiger partial charge in [0.25, 0.3) is 0 Å². The summed E-state index contributed by atoms with van der Waals surface area (Å²) in [5.41, 5.74) is 2.48. The highest BCUT2D eigenvalue weighted by Crippen LogP contribution is 2.32. The van der Waals surface area contributed by atoms with Crippen molar-refractivity contribution in [3.63, 3.8) is 0 Å². The smallest absolute Gasteiger partial charge is 0.348 e. The van der Waals surface area contributed by atoms with Gasteiger partial charge < -0.3 is 4.57 Å². The zero-order chi connectivity index (χ0) is 23.9. The van der Waals surface area contributed by atoms with E-state index in [4.69, 9.17) is 0 Å². The molecule has 0 aromatic heterocycles. The molecule has 3 nitrogen and oxygen atoms in total. The molecular formula is C26H16F5N3. The molecule has 0 saturated carbocycles. The maximum atomic E-state index is 14.1. The van der Waals surface area contributed by atoms with Gasteiger partial charge in [-0.3, -0.25) is 0 Å². The zero-order valence-electron chi connectivity index (χ0n) is 17.5. The van der Waals surface area contributed by atoms with Crippen LogP contribution in [0, 0.1) is 11.6 Å². The Morgan fingerprint density at radius 1 is 0.765 bits per heavy atom. The number of rotatable bonds is 4. The van der Waals surface area contributed by atoms with Gasteiger partial charge in [0, 0.05) is 18.9 Å². The lowest BCUT2D eigenvalue weighted by Crippen LogP contribution is -2.04. The van der Waals surface area contributed by atoms with E-state index in [2.05, 4.69) is 9.97 Å². The molecule has 170 valence electrons. The maximum absolute atomic E-state index is 14.1.